The smallest absolute Gasteiger partial charge is 0.0237 e. The van der Waals surface area contributed by atoms with E-state index in [0.29, 0.717) is 6.04 Å². The van der Waals surface area contributed by atoms with Gasteiger partial charge in [-0.2, -0.15) is 0 Å². The van der Waals surface area contributed by atoms with Crippen LogP contribution in [0.1, 0.15) is 37.3 Å². The Morgan fingerprint density at radius 1 is 0.864 bits per heavy atom. The van der Waals surface area contributed by atoms with Gasteiger partial charge in [0.15, 0.2) is 0 Å². The summed E-state index contributed by atoms with van der Waals surface area (Å²) in [5.74, 6) is 0. The maximum absolute atomic E-state index is 6.05. The molecule has 0 saturated heterocycles. The first-order valence-electron chi connectivity index (χ1n) is 8.33. The summed E-state index contributed by atoms with van der Waals surface area (Å²) in [4.78, 5) is 2.52. The number of nitrogens with two attached hydrogens (primary N) is 1. The molecule has 0 aromatic heterocycles. The van der Waals surface area contributed by atoms with Gasteiger partial charge in [-0.15, -0.1) is 0 Å². The van der Waals surface area contributed by atoms with Crippen LogP contribution in [0.25, 0.3) is 0 Å². The number of hydrogen-bond acceptors (Lipinski definition) is 2. The first-order chi connectivity index (χ1) is 10.8. The lowest BCUT2D eigenvalue weighted by molar-refractivity contribution is 0.248. The fraction of sp³-hybridized carbons (Fsp3) is 0.400. The number of hydrogen-bond donors (Lipinski definition) is 1. The highest BCUT2D eigenvalue weighted by Gasteiger charge is 2.08. The lowest BCUT2D eigenvalue weighted by Gasteiger charge is -2.23. The topological polar surface area (TPSA) is 29.3 Å². The summed E-state index contributed by atoms with van der Waals surface area (Å²) in [5.41, 5.74) is 8.79. The van der Waals surface area contributed by atoms with Crippen LogP contribution in [-0.4, -0.2) is 17.5 Å². The van der Waals surface area contributed by atoms with Crippen LogP contribution >= 0.6 is 0 Å². The van der Waals surface area contributed by atoms with E-state index in [1.807, 2.05) is 0 Å². The highest BCUT2D eigenvalue weighted by molar-refractivity contribution is 5.17. The van der Waals surface area contributed by atoms with Crippen molar-refractivity contribution in [2.75, 3.05) is 6.54 Å². The van der Waals surface area contributed by atoms with E-state index in [0.717, 1.165) is 38.9 Å². The van der Waals surface area contributed by atoms with Crippen molar-refractivity contribution in [2.24, 2.45) is 5.73 Å². The van der Waals surface area contributed by atoms with Gasteiger partial charge in [0.1, 0.15) is 0 Å². The zero-order valence-corrected chi connectivity index (χ0v) is 13.6. The predicted octanol–water partition coefficient (Wildman–Crippen LogP) is 4.21. The molecule has 0 fully saturated rings. The summed E-state index contributed by atoms with van der Waals surface area (Å²) in [5, 5.41) is 0. The Balaban J connectivity index is 1.94. The quantitative estimate of drug-likeness (QED) is 0.751. The Bertz CT molecular complexity index is 468. The Hall–Kier alpha value is -1.64. The van der Waals surface area contributed by atoms with E-state index < -0.39 is 0 Å². The van der Waals surface area contributed by atoms with Gasteiger partial charge in [0.25, 0.3) is 0 Å². The first kappa shape index (κ1) is 16.7. The summed E-state index contributed by atoms with van der Waals surface area (Å²) in [6.45, 7) is 5.25. The van der Waals surface area contributed by atoms with E-state index in [9.17, 15) is 0 Å². The molecule has 1 atom stereocenters. The van der Waals surface area contributed by atoms with Gasteiger partial charge in [0, 0.05) is 19.1 Å². The summed E-state index contributed by atoms with van der Waals surface area (Å²) in [6, 6.07) is 21.8. The zero-order chi connectivity index (χ0) is 15.6. The van der Waals surface area contributed by atoms with E-state index in [1.165, 1.54) is 11.1 Å². The molecule has 2 nitrogen and oxygen atoms in total. The number of nitrogens with zero attached hydrogens (tertiary/aromatic N) is 1. The van der Waals surface area contributed by atoms with Crippen molar-refractivity contribution >= 4 is 0 Å². The molecule has 2 rings (SSSR count). The second kappa shape index (κ2) is 9.39. The molecule has 2 heteroatoms. The molecule has 0 spiro atoms. The average molecular weight is 296 g/mol. The van der Waals surface area contributed by atoms with Crippen molar-refractivity contribution in [3.63, 3.8) is 0 Å². The fourth-order valence-electron chi connectivity index (χ4n) is 2.68. The molecular weight excluding hydrogens is 268 g/mol. The van der Waals surface area contributed by atoms with E-state index >= 15 is 0 Å². The Labute approximate surface area is 135 Å². The molecule has 2 N–H and O–H groups in total. The molecule has 0 bridgehead atoms. The normalized spacial score (nSPS) is 12.5. The van der Waals surface area contributed by atoms with Gasteiger partial charge < -0.3 is 5.73 Å². The van der Waals surface area contributed by atoms with Gasteiger partial charge in [-0.25, -0.2) is 0 Å². The standard InChI is InChI=1S/C20H28N2/c1-2-20(21)14-9-15-22(16-18-10-5-3-6-11-18)17-19-12-7-4-8-13-19/h3-8,10-13,20H,2,9,14-17,21H2,1H3. The monoisotopic (exact) mass is 296 g/mol. The molecule has 0 heterocycles. The van der Waals surface area contributed by atoms with Gasteiger partial charge in [-0.1, -0.05) is 67.6 Å². The molecule has 0 aliphatic rings. The second-order valence-electron chi connectivity index (χ2n) is 5.99. The molecule has 1 unspecified atom stereocenters. The van der Waals surface area contributed by atoms with Crippen molar-refractivity contribution < 1.29 is 0 Å². The van der Waals surface area contributed by atoms with Gasteiger partial charge >= 0.3 is 0 Å². The first-order valence-corrected chi connectivity index (χ1v) is 8.33. The van der Waals surface area contributed by atoms with Gasteiger partial charge in [-0.05, 0) is 36.9 Å². The lowest BCUT2D eigenvalue weighted by Crippen LogP contribution is -2.26. The molecule has 2 aromatic rings. The third-order valence-corrected chi connectivity index (χ3v) is 4.07. The summed E-state index contributed by atoms with van der Waals surface area (Å²) in [6.07, 6.45) is 3.34. The number of rotatable bonds is 9. The van der Waals surface area contributed by atoms with Crippen LogP contribution in [0.3, 0.4) is 0 Å². The minimum absolute atomic E-state index is 0.343. The Morgan fingerprint density at radius 3 is 1.82 bits per heavy atom. The maximum atomic E-state index is 6.05. The SMILES string of the molecule is CCC(N)CCCN(Cc1ccccc1)Cc1ccccc1. The molecular formula is C20H28N2. The minimum atomic E-state index is 0.343. The summed E-state index contributed by atoms with van der Waals surface area (Å²) >= 11 is 0. The van der Waals surface area contributed by atoms with Gasteiger partial charge in [0.05, 0.1) is 0 Å². The molecule has 22 heavy (non-hydrogen) atoms. The predicted molar refractivity (Wildman–Crippen MR) is 94.5 cm³/mol. The van der Waals surface area contributed by atoms with Crippen LogP contribution in [0.5, 0.6) is 0 Å². The molecule has 0 saturated carbocycles. The van der Waals surface area contributed by atoms with E-state index in [2.05, 4.69) is 72.5 Å². The van der Waals surface area contributed by atoms with Crippen molar-refractivity contribution in [3.05, 3.63) is 71.8 Å². The van der Waals surface area contributed by atoms with Crippen molar-refractivity contribution in [2.45, 2.75) is 45.3 Å². The van der Waals surface area contributed by atoms with Crippen LogP contribution in [-0.2, 0) is 13.1 Å². The maximum Gasteiger partial charge on any atom is 0.0237 e. The fourth-order valence-corrected chi connectivity index (χ4v) is 2.68. The minimum Gasteiger partial charge on any atom is -0.328 e. The van der Waals surface area contributed by atoms with Crippen molar-refractivity contribution in [1.82, 2.24) is 4.90 Å². The van der Waals surface area contributed by atoms with E-state index in [-0.39, 0.29) is 0 Å². The molecule has 118 valence electrons. The molecule has 0 aliphatic carbocycles. The highest BCUT2D eigenvalue weighted by Crippen LogP contribution is 2.12. The van der Waals surface area contributed by atoms with Crippen molar-refractivity contribution in [1.29, 1.82) is 0 Å². The van der Waals surface area contributed by atoms with Crippen LogP contribution in [0.15, 0.2) is 60.7 Å². The van der Waals surface area contributed by atoms with Gasteiger partial charge in [0.2, 0.25) is 0 Å². The van der Waals surface area contributed by atoms with Crippen LogP contribution < -0.4 is 5.73 Å². The largest absolute Gasteiger partial charge is 0.328 e. The lowest BCUT2D eigenvalue weighted by atomic mass is 10.1. The molecule has 0 radical (unpaired) electrons. The summed E-state index contributed by atoms with van der Waals surface area (Å²) in [7, 11) is 0. The second-order valence-corrected chi connectivity index (χ2v) is 5.99. The molecule has 0 amide bonds. The van der Waals surface area contributed by atoms with E-state index in [4.69, 9.17) is 5.73 Å². The zero-order valence-electron chi connectivity index (χ0n) is 13.6. The summed E-state index contributed by atoms with van der Waals surface area (Å²) < 4.78 is 0. The van der Waals surface area contributed by atoms with E-state index in [1.54, 1.807) is 0 Å². The number of benzene rings is 2. The molecule has 0 aliphatic heterocycles. The van der Waals surface area contributed by atoms with Crippen molar-refractivity contribution in [3.8, 4) is 0 Å². The molecule has 2 aromatic carbocycles. The Kier molecular flexibility index (Phi) is 7.14. The third-order valence-electron chi connectivity index (χ3n) is 4.07. The average Bonchev–Trinajstić information content (AvgIpc) is 2.56. The van der Waals surface area contributed by atoms with Crippen LogP contribution in [0.4, 0.5) is 0 Å². The highest BCUT2D eigenvalue weighted by atomic mass is 15.1. The van der Waals surface area contributed by atoms with Crippen LogP contribution in [0.2, 0.25) is 0 Å². The van der Waals surface area contributed by atoms with Gasteiger partial charge in [-0.3, -0.25) is 4.90 Å². The van der Waals surface area contributed by atoms with Crippen LogP contribution in [0, 0.1) is 0 Å². The third kappa shape index (κ3) is 6.00. The Morgan fingerprint density at radius 2 is 1.36 bits per heavy atom.